The molecular formula is C15H11BrN4O3S. The number of ether oxygens (including phenoxy) is 2. The van der Waals surface area contributed by atoms with Crippen LogP contribution in [0.25, 0.3) is 4.96 Å². The number of halogens is 1. The van der Waals surface area contributed by atoms with Gasteiger partial charge in [0, 0.05) is 21.6 Å². The summed E-state index contributed by atoms with van der Waals surface area (Å²) in [6.07, 6.45) is 3.36. The van der Waals surface area contributed by atoms with Crippen molar-refractivity contribution in [2.75, 3.05) is 6.79 Å². The van der Waals surface area contributed by atoms with Crippen LogP contribution < -0.4 is 14.9 Å². The smallest absolute Gasteiger partial charge is 0.290 e. The number of carbonyl (C=O) groups is 1. The van der Waals surface area contributed by atoms with Crippen molar-refractivity contribution >= 4 is 44.3 Å². The number of hydrogen-bond acceptors (Lipinski definition) is 6. The number of aromatic nitrogens is 2. The maximum Gasteiger partial charge on any atom is 0.290 e. The van der Waals surface area contributed by atoms with E-state index in [9.17, 15) is 4.79 Å². The summed E-state index contributed by atoms with van der Waals surface area (Å²) in [7, 11) is 0. The van der Waals surface area contributed by atoms with Gasteiger partial charge in [-0.25, -0.2) is 10.4 Å². The number of nitrogens with zero attached hydrogens (tertiary/aromatic N) is 3. The first-order valence-corrected chi connectivity index (χ1v) is 8.65. The number of hydrogen-bond donors (Lipinski definition) is 1. The first-order valence-electron chi connectivity index (χ1n) is 6.98. The highest BCUT2D eigenvalue weighted by Gasteiger charge is 2.17. The SMILES string of the molecule is Cc1nc2sccn2c1C(=O)N/N=C\c1cc2c(cc1Br)OCO2. The van der Waals surface area contributed by atoms with Crippen molar-refractivity contribution in [3.63, 3.8) is 0 Å². The first kappa shape index (κ1) is 15.2. The first-order chi connectivity index (χ1) is 11.6. The standard InChI is InChI=1S/C15H11BrN4O3S/c1-8-13(20-2-3-24-15(20)18-8)14(21)19-17-6-9-4-11-12(5-10(9)16)23-7-22-11/h2-6H,7H2,1H3,(H,19,21)/b17-6-. The predicted octanol–water partition coefficient (Wildman–Crippen LogP) is 2.96. The molecule has 1 aliphatic heterocycles. The molecule has 0 saturated carbocycles. The average molecular weight is 407 g/mol. The Morgan fingerprint density at radius 1 is 1.46 bits per heavy atom. The lowest BCUT2D eigenvalue weighted by Crippen LogP contribution is -2.20. The summed E-state index contributed by atoms with van der Waals surface area (Å²) in [6, 6.07) is 3.60. The number of aryl methyl sites for hydroxylation is 1. The molecule has 0 saturated heterocycles. The van der Waals surface area contributed by atoms with E-state index in [2.05, 4.69) is 31.4 Å². The summed E-state index contributed by atoms with van der Waals surface area (Å²) in [6.45, 7) is 2.00. The van der Waals surface area contributed by atoms with Gasteiger partial charge in [-0.2, -0.15) is 5.10 Å². The molecule has 3 aromatic rings. The van der Waals surface area contributed by atoms with E-state index in [0.717, 1.165) is 15.0 Å². The van der Waals surface area contributed by atoms with Gasteiger partial charge in [0.1, 0.15) is 5.69 Å². The Morgan fingerprint density at radius 2 is 2.25 bits per heavy atom. The van der Waals surface area contributed by atoms with Gasteiger partial charge < -0.3 is 9.47 Å². The molecule has 1 amide bonds. The van der Waals surface area contributed by atoms with Crippen LogP contribution in [0, 0.1) is 6.92 Å². The molecule has 7 nitrogen and oxygen atoms in total. The molecule has 1 N–H and O–H groups in total. The highest BCUT2D eigenvalue weighted by Crippen LogP contribution is 2.36. The Kier molecular flexibility index (Phi) is 3.73. The number of hydrazone groups is 1. The van der Waals surface area contributed by atoms with E-state index < -0.39 is 0 Å². The van der Waals surface area contributed by atoms with Crippen molar-refractivity contribution in [1.82, 2.24) is 14.8 Å². The Hall–Kier alpha value is -2.39. The predicted molar refractivity (Wildman–Crippen MR) is 93.1 cm³/mol. The summed E-state index contributed by atoms with van der Waals surface area (Å²) < 4.78 is 13.2. The fraction of sp³-hybridized carbons (Fsp3) is 0.133. The number of nitrogens with one attached hydrogen (secondary N) is 1. The normalized spacial score (nSPS) is 13.1. The van der Waals surface area contributed by atoms with Gasteiger partial charge in [0.15, 0.2) is 16.5 Å². The molecule has 4 rings (SSSR count). The number of carbonyl (C=O) groups excluding carboxylic acids is 1. The van der Waals surface area contributed by atoms with Crippen LogP contribution in [0.3, 0.4) is 0 Å². The quantitative estimate of drug-likeness (QED) is 0.535. The van der Waals surface area contributed by atoms with Gasteiger partial charge in [0.2, 0.25) is 6.79 Å². The minimum Gasteiger partial charge on any atom is -0.454 e. The number of benzene rings is 1. The molecule has 0 atom stereocenters. The van der Waals surface area contributed by atoms with Crippen LogP contribution in [0.4, 0.5) is 0 Å². The zero-order chi connectivity index (χ0) is 16.7. The zero-order valence-electron chi connectivity index (χ0n) is 12.4. The summed E-state index contributed by atoms with van der Waals surface area (Å²) in [5, 5.41) is 5.91. The molecule has 1 aromatic carbocycles. The minimum absolute atomic E-state index is 0.205. The summed E-state index contributed by atoms with van der Waals surface area (Å²) in [5.41, 5.74) is 4.45. The van der Waals surface area contributed by atoms with Gasteiger partial charge in [-0.05, 0) is 35.0 Å². The zero-order valence-corrected chi connectivity index (χ0v) is 14.8. The molecule has 2 aromatic heterocycles. The van der Waals surface area contributed by atoms with Crippen LogP contribution in [-0.4, -0.2) is 28.3 Å². The van der Waals surface area contributed by atoms with Crippen molar-refractivity contribution in [2.45, 2.75) is 6.92 Å². The topological polar surface area (TPSA) is 77.2 Å². The van der Waals surface area contributed by atoms with Crippen LogP contribution in [-0.2, 0) is 0 Å². The molecule has 0 radical (unpaired) electrons. The lowest BCUT2D eigenvalue weighted by atomic mass is 10.2. The number of rotatable bonds is 3. The Bertz CT molecular complexity index is 979. The van der Waals surface area contributed by atoms with Gasteiger partial charge >= 0.3 is 0 Å². The van der Waals surface area contributed by atoms with Crippen LogP contribution in [0.1, 0.15) is 21.7 Å². The molecule has 0 unspecified atom stereocenters. The monoisotopic (exact) mass is 406 g/mol. The molecule has 0 aliphatic carbocycles. The molecule has 0 bridgehead atoms. The van der Waals surface area contributed by atoms with E-state index in [1.807, 2.05) is 17.6 Å². The third-order valence-corrected chi connectivity index (χ3v) is 4.96. The fourth-order valence-corrected chi connectivity index (χ4v) is 3.60. The number of imidazole rings is 1. The lowest BCUT2D eigenvalue weighted by molar-refractivity contribution is 0.0948. The van der Waals surface area contributed by atoms with Crippen LogP contribution in [0.5, 0.6) is 11.5 Å². The van der Waals surface area contributed by atoms with Gasteiger partial charge in [-0.15, -0.1) is 11.3 Å². The van der Waals surface area contributed by atoms with E-state index in [1.165, 1.54) is 11.3 Å². The van der Waals surface area contributed by atoms with E-state index >= 15 is 0 Å². The maximum atomic E-state index is 12.4. The summed E-state index contributed by atoms with van der Waals surface area (Å²) in [4.78, 5) is 17.5. The van der Waals surface area contributed by atoms with Gasteiger partial charge in [-0.1, -0.05) is 0 Å². The average Bonchev–Trinajstić information content (AvgIpc) is 3.22. The third-order valence-electron chi connectivity index (χ3n) is 3.51. The molecule has 0 fully saturated rings. The van der Waals surface area contributed by atoms with Crippen molar-refractivity contribution in [1.29, 1.82) is 0 Å². The second-order valence-electron chi connectivity index (χ2n) is 5.03. The van der Waals surface area contributed by atoms with E-state index in [4.69, 9.17) is 9.47 Å². The lowest BCUT2D eigenvalue weighted by Gasteiger charge is -2.02. The molecular weight excluding hydrogens is 396 g/mol. The molecule has 0 spiro atoms. The number of fused-ring (bicyclic) bond motifs is 2. The maximum absolute atomic E-state index is 12.4. The highest BCUT2D eigenvalue weighted by atomic mass is 79.9. The molecule has 1 aliphatic rings. The Labute approximate surface area is 149 Å². The Balaban J connectivity index is 1.54. The van der Waals surface area contributed by atoms with E-state index in [1.54, 1.807) is 23.6 Å². The molecule has 24 heavy (non-hydrogen) atoms. The number of amides is 1. The third kappa shape index (κ3) is 2.55. The Morgan fingerprint density at radius 3 is 3.08 bits per heavy atom. The van der Waals surface area contributed by atoms with Gasteiger partial charge in [0.05, 0.1) is 11.9 Å². The largest absolute Gasteiger partial charge is 0.454 e. The molecule has 122 valence electrons. The van der Waals surface area contributed by atoms with Gasteiger partial charge in [0.25, 0.3) is 5.91 Å². The highest BCUT2D eigenvalue weighted by molar-refractivity contribution is 9.10. The van der Waals surface area contributed by atoms with Crippen molar-refractivity contribution < 1.29 is 14.3 Å². The second kappa shape index (κ2) is 5.91. The summed E-state index contributed by atoms with van der Waals surface area (Å²) in [5.74, 6) is 1.02. The number of thiazole rings is 1. The minimum atomic E-state index is -0.313. The van der Waals surface area contributed by atoms with Gasteiger partial charge in [-0.3, -0.25) is 9.20 Å². The molecule has 9 heteroatoms. The van der Waals surface area contributed by atoms with Crippen LogP contribution >= 0.6 is 27.3 Å². The fourth-order valence-electron chi connectivity index (χ4n) is 2.41. The van der Waals surface area contributed by atoms with E-state index in [-0.39, 0.29) is 12.7 Å². The van der Waals surface area contributed by atoms with Crippen molar-refractivity contribution in [2.24, 2.45) is 5.10 Å². The summed E-state index contributed by atoms with van der Waals surface area (Å²) >= 11 is 4.92. The van der Waals surface area contributed by atoms with Crippen molar-refractivity contribution in [3.8, 4) is 11.5 Å². The van der Waals surface area contributed by atoms with Crippen LogP contribution in [0.2, 0.25) is 0 Å². The molecule has 3 heterocycles. The van der Waals surface area contributed by atoms with Crippen LogP contribution in [0.15, 0.2) is 33.3 Å². The van der Waals surface area contributed by atoms with Crippen molar-refractivity contribution in [3.05, 3.63) is 45.1 Å². The van der Waals surface area contributed by atoms with E-state index in [0.29, 0.717) is 22.9 Å². The second-order valence-corrected chi connectivity index (χ2v) is 6.75.